The molecule has 0 aliphatic carbocycles. The van der Waals surface area contributed by atoms with E-state index < -0.39 is 101 Å². The van der Waals surface area contributed by atoms with Crippen molar-refractivity contribution in [3.8, 4) is 0 Å². The molecule has 0 spiro atoms. The van der Waals surface area contributed by atoms with Crippen molar-refractivity contribution in [2.45, 2.75) is 0 Å². The van der Waals surface area contributed by atoms with Gasteiger partial charge in [0.2, 0.25) is 0 Å². The van der Waals surface area contributed by atoms with E-state index in [2.05, 4.69) is 0 Å². The molecule has 0 saturated carbocycles. The average molecular weight is 1910 g/mol. The van der Waals surface area contributed by atoms with Gasteiger partial charge in [-0.3, -0.25) is 0 Å². The summed E-state index contributed by atoms with van der Waals surface area (Å²) in [6, 6.07) is 0. The second-order valence-electron chi connectivity index (χ2n) is 2.75. The van der Waals surface area contributed by atoms with Crippen molar-refractivity contribution >= 4 is 413 Å². The maximum atomic E-state index is 8.52. The van der Waals surface area contributed by atoms with E-state index in [4.69, 9.17) is 155 Å². The first-order chi connectivity index (χ1) is 19.1. The fraction of sp³-hybridized carbons (Fsp3) is 0. The third kappa shape index (κ3) is 7060. The Morgan fingerprint density at radius 2 is 0.151 bits per heavy atom. The Morgan fingerprint density at radius 1 is 0.151 bits per heavy atom. The molecule has 0 saturated heterocycles. The number of hydrogen-bond acceptors (Lipinski definition) is 44. The molecule has 0 aromatic carbocycles. The molecule has 4 radical (unpaired) electrons. The van der Waals surface area contributed by atoms with Crippen LogP contribution in [0.15, 0.2) is 0 Å². The fourth-order valence-electron chi connectivity index (χ4n) is 0. The van der Waals surface area contributed by atoms with Crippen LogP contribution in [0.5, 0.6) is 0 Å². The number of hydrogen-bond donors (Lipinski definition) is 0. The molecule has 44 nitrogen and oxygen atoms in total. The maximum Gasteiger partial charge on any atom is 3.00 e. The summed E-state index contributed by atoms with van der Waals surface area (Å²) in [6.45, 7) is 0. The van der Waals surface area contributed by atoms with Crippen molar-refractivity contribution in [2.75, 3.05) is 0 Å². The molecule has 11 N–H and O–H groups in total. The monoisotopic (exact) mass is 1910 g/mol. The Balaban J connectivity index is -0.00000000260. The van der Waals surface area contributed by atoms with Gasteiger partial charge >= 0.3 is 499 Å². The molecule has 0 rings (SSSR count). The van der Waals surface area contributed by atoms with Gasteiger partial charge in [-0.05, 0) is 0 Å². The zero-order valence-corrected chi connectivity index (χ0v) is 84.0. The number of halogens is 11. The Labute approximate surface area is 848 Å². The molecule has 86 heavy (non-hydrogen) atoms. The maximum absolute atomic E-state index is 8.52. The van der Waals surface area contributed by atoms with Crippen LogP contribution in [-0.4, -0.2) is 474 Å². The molecule has 0 amide bonds. The average Bonchev–Trinajstić information content (AvgIpc) is 2.55. The van der Waals surface area contributed by atoms with Crippen molar-refractivity contribution in [1.82, 2.24) is 0 Å². The normalized spacial score (nSPS) is 3.07. The molecule has 0 aliphatic heterocycles. The Bertz CT molecular complexity index is 678. The first-order valence-electron chi connectivity index (χ1n) is 6.74. The van der Waals surface area contributed by atoms with E-state index in [9.17, 15) is 0 Å². The number of rotatable bonds is 0. The van der Waals surface area contributed by atoms with E-state index >= 15 is 0 Å². The summed E-state index contributed by atoms with van der Waals surface area (Å²) in [5.74, 6) is 0. The molecule has 0 bridgehead atoms. The van der Waals surface area contributed by atoms with Crippen LogP contribution >= 0.6 is 0 Å². The molecular weight excluding hydrogens is 1900 g/mol. The third-order valence-corrected chi connectivity index (χ3v) is 0. The van der Waals surface area contributed by atoms with Gasteiger partial charge in [0.25, 0.3) is 0 Å². The first kappa shape index (κ1) is 462. The Hall–Kier alpha value is 10.9. The second-order valence-corrected chi connectivity index (χ2v) is 8.25. The van der Waals surface area contributed by atoms with Crippen molar-refractivity contribution in [3.05, 3.63) is 0 Å². The third-order valence-electron chi connectivity index (χ3n) is 0. The van der Waals surface area contributed by atoms with Crippen LogP contribution in [0.25, 0.3) is 0 Å². The smallest absolute Gasteiger partial charge is 1.00 e. The summed E-state index contributed by atoms with van der Waals surface area (Å²) in [5.41, 5.74) is 0. The molecular formula is H11Al4Ca4F11Fe4Mg4Na4O44Si11. The first-order valence-corrected chi connectivity index (χ1v) is 20.2. The van der Waals surface area contributed by atoms with Gasteiger partial charge in [-0.1, -0.05) is 0 Å². The standard InChI is InChI=1S/4Al.4Ca.11FH.4Fe.4Mg.4Na.11O3Si.11H2O/c;;;;;;;;;;;;;;;;;;;;;;;;;;;;;;;11*1-4(2)3;;;;;;;;;;;/h;;;;;;;;11*1H;;;;;;;;;;;;;;;;;;;;;;;;11*1H2/q4*+3;4*+2;;;;;;;;;;;;4*+3;4*+2;4*+1;11*-2;;;;;;;;;;;/p-22. The summed E-state index contributed by atoms with van der Waals surface area (Å²) in [6.07, 6.45) is 0. The fourth-order valence-corrected chi connectivity index (χ4v) is 0. The molecule has 460 valence electrons. The van der Waals surface area contributed by atoms with Gasteiger partial charge in [-0.2, -0.15) is 0 Å². The van der Waals surface area contributed by atoms with E-state index in [0.29, 0.717) is 0 Å². The molecule has 0 heterocycles. The van der Waals surface area contributed by atoms with Crippen LogP contribution in [0.2, 0.25) is 0 Å². The summed E-state index contributed by atoms with van der Waals surface area (Å²) in [4.78, 5) is 187. The summed E-state index contributed by atoms with van der Waals surface area (Å²) < 4.78 is 93.7. The predicted molar refractivity (Wildman–Crippen MR) is 161 cm³/mol. The largest absolute Gasteiger partial charge is 3.00 e. The van der Waals surface area contributed by atoms with Crippen LogP contribution in [0.1, 0.15) is 0 Å². The van der Waals surface area contributed by atoms with Crippen LogP contribution in [-0.2, 0) is 117 Å². The summed E-state index contributed by atoms with van der Waals surface area (Å²) >= 11 is 0. The van der Waals surface area contributed by atoms with Crippen molar-refractivity contribution in [2.24, 2.45) is 0 Å². The van der Waals surface area contributed by atoms with Gasteiger partial charge in [0.05, 0.1) is 0 Å². The quantitative estimate of drug-likeness (QED) is 0.160. The van der Waals surface area contributed by atoms with Crippen LogP contribution in [0.4, 0.5) is 0 Å². The molecule has 0 aromatic heterocycles. The van der Waals surface area contributed by atoms with E-state index in [1.54, 1.807) is 0 Å². The molecule has 0 atom stereocenters. The van der Waals surface area contributed by atoms with Crippen molar-refractivity contribution in [1.29, 1.82) is 0 Å². The molecule has 0 unspecified atom stereocenters. The van der Waals surface area contributed by atoms with E-state index in [0.717, 1.165) is 0 Å². The molecule has 0 fully saturated rings. The minimum atomic E-state index is -3.63. The van der Waals surface area contributed by atoms with E-state index in [1.807, 2.05) is 0 Å². The van der Waals surface area contributed by atoms with Gasteiger partial charge in [0.1, 0.15) is 0 Å². The van der Waals surface area contributed by atoms with E-state index in [-0.39, 0.29) is 611 Å². The second kappa shape index (κ2) is 448. The Morgan fingerprint density at radius 3 is 0.151 bits per heavy atom. The minimum absolute atomic E-state index is 0. The van der Waals surface area contributed by atoms with Crippen LogP contribution in [0, 0.1) is 0 Å². The molecule has 0 aromatic rings. The van der Waals surface area contributed by atoms with Crippen molar-refractivity contribution in [3.63, 3.8) is 0 Å². The zero-order valence-electron chi connectivity index (χ0n) is 41.4. The Kier molecular flexibility index (Phi) is 2410. The van der Waals surface area contributed by atoms with Crippen LogP contribution in [0.3, 0.4) is 0 Å². The van der Waals surface area contributed by atoms with E-state index in [1.165, 1.54) is 0 Å². The SMILES string of the molecule is O=[Si]([O-])[O-].O=[Si]([O-])[O-].O=[Si]([O-])[O-].O=[Si]([O-])[O-].O=[Si]([O-])[O-].O=[Si]([O-])[O-].O=[Si]([O-])[O-].O=[Si]([O-])[O-].O=[Si]([O-])[O-].O=[Si]([O-])[O-].O=[Si]([O-])[O-].[Al+3].[Al+3].[Al+3].[Al+3].[Ca+2].[Ca+2].[Ca+2].[Ca+2].[F-].[F-].[F-].[F-].[F-].[F-].[F-].[F-].[F-].[F-].[F-].[Fe+3].[Fe+3].[Fe+3].[Fe+3].[Mg+2].[Mg+2].[Mg+2].[Mg+2].[Na+].[Na+].[Na+].[Na+].[OH-].[OH-].[OH-].[OH-].[OH-].[OH-].[OH-].[OH-].[OH-].[OH-].[OH-]. The summed E-state index contributed by atoms with van der Waals surface area (Å²) in [5, 5.41) is 0. The van der Waals surface area contributed by atoms with Crippen molar-refractivity contribution < 1.29 is 453 Å². The summed E-state index contributed by atoms with van der Waals surface area (Å²) in [7, 11) is -39.9. The minimum Gasteiger partial charge on any atom is -1.00 e. The van der Waals surface area contributed by atoms with Gasteiger partial charge in [0, 0.05) is 101 Å². The zero-order chi connectivity index (χ0) is 39.4. The van der Waals surface area contributed by atoms with Gasteiger partial charge < -0.3 is 267 Å². The van der Waals surface area contributed by atoms with Gasteiger partial charge in [-0.25, -0.2) is 0 Å². The van der Waals surface area contributed by atoms with Gasteiger partial charge in [-0.15, -0.1) is 0 Å². The van der Waals surface area contributed by atoms with Gasteiger partial charge in [0.15, 0.2) is 0 Å². The predicted octanol–water partition coefficient (Wildman–Crippen LogP) is -83.1. The molecule has 86 heteroatoms. The molecule has 0 aliphatic rings. The van der Waals surface area contributed by atoms with Crippen LogP contribution < -0.4 is 275 Å². The topological polar surface area (TPSA) is 1030 Å².